The lowest BCUT2D eigenvalue weighted by atomic mass is 9.96. The fourth-order valence-electron chi connectivity index (χ4n) is 12.3. The summed E-state index contributed by atoms with van der Waals surface area (Å²) < 4.78 is 34.4. The van der Waals surface area contributed by atoms with Crippen LogP contribution in [0.1, 0.15) is 258 Å². The van der Waals surface area contributed by atoms with Crippen molar-refractivity contribution < 1.29 is 89.4 Å². The van der Waals surface area contributed by atoms with Gasteiger partial charge in [0.2, 0.25) is 5.91 Å². The molecule has 0 spiro atoms. The summed E-state index contributed by atoms with van der Waals surface area (Å²) in [6.07, 6.45) is 50.7. The molecule has 0 bridgehead atoms. The lowest BCUT2D eigenvalue weighted by Crippen LogP contribution is -2.66. The number of hydrogen-bond donors (Lipinski definition) is 12. The van der Waals surface area contributed by atoms with Crippen molar-refractivity contribution in [3.05, 3.63) is 97.2 Å². The molecular formula is C78H135NO18. The molecule has 0 aliphatic carbocycles. The Labute approximate surface area is 583 Å². The van der Waals surface area contributed by atoms with Gasteiger partial charge in [-0.3, -0.25) is 4.79 Å². The van der Waals surface area contributed by atoms with Crippen molar-refractivity contribution in [2.75, 3.05) is 26.4 Å². The third-order valence-electron chi connectivity index (χ3n) is 18.4. The average molecular weight is 1370 g/mol. The van der Waals surface area contributed by atoms with Crippen LogP contribution in [0.4, 0.5) is 0 Å². The van der Waals surface area contributed by atoms with E-state index < -0.39 is 124 Å². The van der Waals surface area contributed by atoms with Crippen LogP contribution in [0.15, 0.2) is 97.2 Å². The summed E-state index contributed by atoms with van der Waals surface area (Å²) in [5.74, 6) is -0.246. The molecule has 0 radical (unpaired) electrons. The van der Waals surface area contributed by atoms with Crippen molar-refractivity contribution in [3.63, 3.8) is 0 Å². The van der Waals surface area contributed by atoms with Crippen LogP contribution in [0.5, 0.6) is 0 Å². The van der Waals surface area contributed by atoms with Gasteiger partial charge in [-0.15, -0.1) is 0 Å². The maximum absolute atomic E-state index is 13.4. The number of ether oxygens (including phenoxy) is 6. The monoisotopic (exact) mass is 1370 g/mol. The molecule has 19 heteroatoms. The third kappa shape index (κ3) is 39.1. The van der Waals surface area contributed by atoms with E-state index in [0.717, 1.165) is 103 Å². The molecular weight excluding hydrogens is 1240 g/mol. The molecule has 0 aromatic carbocycles. The smallest absolute Gasteiger partial charge is 0.220 e. The highest BCUT2D eigenvalue weighted by molar-refractivity contribution is 5.76. The van der Waals surface area contributed by atoms with Gasteiger partial charge in [0.1, 0.15) is 73.2 Å². The number of allylic oxidation sites excluding steroid dienone is 16. The van der Waals surface area contributed by atoms with E-state index in [1.807, 2.05) is 0 Å². The van der Waals surface area contributed by atoms with Crippen LogP contribution >= 0.6 is 0 Å². The van der Waals surface area contributed by atoms with Gasteiger partial charge in [0.25, 0.3) is 0 Å². The fraction of sp³-hybridized carbons (Fsp3) is 0.782. The number of hydrogen-bond acceptors (Lipinski definition) is 18. The molecule has 12 N–H and O–H groups in total. The molecule has 0 aromatic heterocycles. The number of rotatable bonds is 58. The summed E-state index contributed by atoms with van der Waals surface area (Å²) in [4.78, 5) is 13.4. The first-order chi connectivity index (χ1) is 47.3. The van der Waals surface area contributed by atoms with Gasteiger partial charge in [-0.2, -0.15) is 0 Å². The molecule has 3 saturated heterocycles. The summed E-state index contributed by atoms with van der Waals surface area (Å²) in [5.41, 5.74) is 0. The molecule has 3 fully saturated rings. The summed E-state index contributed by atoms with van der Waals surface area (Å²) in [6, 6.07) is -0.891. The van der Waals surface area contributed by atoms with Crippen LogP contribution in [-0.2, 0) is 33.2 Å². The fourth-order valence-corrected chi connectivity index (χ4v) is 12.3. The first kappa shape index (κ1) is 87.9. The summed E-state index contributed by atoms with van der Waals surface area (Å²) in [5, 5.41) is 121. The first-order valence-corrected chi connectivity index (χ1v) is 38.0. The van der Waals surface area contributed by atoms with E-state index >= 15 is 0 Å². The van der Waals surface area contributed by atoms with Crippen LogP contribution in [-0.4, -0.2) is 193 Å². The zero-order valence-electron chi connectivity index (χ0n) is 59.5. The Morgan fingerprint density at radius 2 is 0.711 bits per heavy atom. The Balaban J connectivity index is 1.31. The van der Waals surface area contributed by atoms with Gasteiger partial charge in [-0.25, -0.2) is 0 Å². The maximum atomic E-state index is 13.4. The summed E-state index contributed by atoms with van der Waals surface area (Å²) >= 11 is 0. The second kappa shape index (κ2) is 58.2. The van der Waals surface area contributed by atoms with Crippen LogP contribution in [0, 0.1) is 0 Å². The van der Waals surface area contributed by atoms with Gasteiger partial charge in [-0.1, -0.05) is 272 Å². The van der Waals surface area contributed by atoms with Crippen molar-refractivity contribution >= 4 is 5.91 Å². The predicted octanol–water partition coefficient (Wildman–Crippen LogP) is 11.6. The van der Waals surface area contributed by atoms with Crippen LogP contribution in [0.25, 0.3) is 0 Å². The number of carbonyl (C=O) groups excluding carboxylic acids is 1. The van der Waals surface area contributed by atoms with Gasteiger partial charge in [0.15, 0.2) is 18.9 Å². The Morgan fingerprint density at radius 3 is 1.11 bits per heavy atom. The average Bonchev–Trinajstić information content (AvgIpc) is 0.809. The number of amides is 1. The van der Waals surface area contributed by atoms with Gasteiger partial charge in [0.05, 0.1) is 38.6 Å². The summed E-state index contributed by atoms with van der Waals surface area (Å²) in [7, 11) is 0. The molecule has 3 heterocycles. The minimum Gasteiger partial charge on any atom is -0.394 e. The standard InChI is InChI=1S/C78H135NO18/c1-3-5-7-9-11-13-15-17-18-19-20-21-22-23-24-25-26-27-28-29-30-31-32-33-34-35-36-37-38-39-40-41-42-44-46-48-50-52-54-56-66(84)79-61(62(83)55-53-51-49-47-45-43-16-14-12-10-8-6-4-2)60-92-76-72(90)69(87)74(64(58-81)94-76)97-78-73(91)70(88)75(65(59-82)95-78)96-77-71(89)68(86)67(85)63(57-80)93-77/h5,7,11,13,17-18,20-21,23-24,26-27,29-30,32-33,61-65,67-78,80-83,85-91H,3-4,6,8-10,12,14-16,19,22,25,28,31,34-60H2,1-2H3,(H,79,84)/b7-5-,13-11-,18-17-,21-20-,24-23-,27-26-,30-29-,33-32-. The Kier molecular flexibility index (Phi) is 52.8. The van der Waals surface area contributed by atoms with E-state index in [4.69, 9.17) is 28.4 Å². The zero-order valence-corrected chi connectivity index (χ0v) is 59.5. The number of aliphatic hydroxyl groups excluding tert-OH is 11. The Bertz CT molecular complexity index is 2130. The molecule has 1 amide bonds. The second-order valence-corrected chi connectivity index (χ2v) is 26.7. The van der Waals surface area contributed by atoms with E-state index in [-0.39, 0.29) is 18.9 Å². The lowest BCUT2D eigenvalue weighted by molar-refractivity contribution is -0.379. The van der Waals surface area contributed by atoms with E-state index in [9.17, 15) is 61.0 Å². The highest BCUT2D eigenvalue weighted by Gasteiger charge is 2.53. The molecule has 17 atom stereocenters. The van der Waals surface area contributed by atoms with Gasteiger partial charge < -0.3 is 89.9 Å². The molecule has 0 aromatic rings. The van der Waals surface area contributed by atoms with E-state index in [0.29, 0.717) is 12.8 Å². The van der Waals surface area contributed by atoms with E-state index in [1.54, 1.807) is 0 Å². The maximum Gasteiger partial charge on any atom is 0.220 e. The van der Waals surface area contributed by atoms with E-state index in [1.165, 1.54) is 122 Å². The van der Waals surface area contributed by atoms with Crippen molar-refractivity contribution in [3.8, 4) is 0 Å². The van der Waals surface area contributed by atoms with Crippen molar-refractivity contribution in [1.82, 2.24) is 5.32 Å². The quantitative estimate of drug-likeness (QED) is 0.0199. The minimum absolute atomic E-state index is 0.246. The number of nitrogens with one attached hydrogen (secondary N) is 1. The van der Waals surface area contributed by atoms with Crippen LogP contribution < -0.4 is 5.32 Å². The van der Waals surface area contributed by atoms with E-state index in [2.05, 4.69) is 116 Å². The highest BCUT2D eigenvalue weighted by atomic mass is 16.8. The second-order valence-electron chi connectivity index (χ2n) is 26.7. The summed E-state index contributed by atoms with van der Waals surface area (Å²) in [6.45, 7) is 1.68. The largest absolute Gasteiger partial charge is 0.394 e. The highest BCUT2D eigenvalue weighted by Crippen LogP contribution is 2.33. The minimum atomic E-state index is -1.97. The molecule has 17 unspecified atom stereocenters. The topological polar surface area (TPSA) is 307 Å². The number of carbonyl (C=O) groups is 1. The molecule has 19 nitrogen and oxygen atoms in total. The van der Waals surface area contributed by atoms with Gasteiger partial charge in [0, 0.05) is 6.42 Å². The predicted molar refractivity (Wildman–Crippen MR) is 383 cm³/mol. The third-order valence-corrected chi connectivity index (χ3v) is 18.4. The van der Waals surface area contributed by atoms with Crippen molar-refractivity contribution in [1.29, 1.82) is 0 Å². The Hall–Kier alpha value is -3.29. The SMILES string of the molecule is CC/C=C\C/C=C\C/C=C\C/C=C\C/C=C\C/C=C\C/C=C\C/C=C\CCCCCCCCCCCCCCCCC(=O)NC(COC1OC(CO)C(OC2OC(CO)C(OC3OC(CO)C(O)C(O)C3O)C(O)C2O)C(O)C1O)C(O)CCCCCCCCCCCCCCC. The molecule has 97 heavy (non-hydrogen) atoms. The lowest BCUT2D eigenvalue weighted by Gasteiger charge is -2.48. The zero-order chi connectivity index (χ0) is 70.4. The van der Waals surface area contributed by atoms with Crippen LogP contribution in [0.2, 0.25) is 0 Å². The first-order valence-electron chi connectivity index (χ1n) is 38.0. The Morgan fingerprint density at radius 1 is 0.381 bits per heavy atom. The molecule has 3 aliphatic heterocycles. The van der Waals surface area contributed by atoms with Crippen LogP contribution in [0.3, 0.4) is 0 Å². The normalized spacial score (nSPS) is 27.5. The van der Waals surface area contributed by atoms with Gasteiger partial charge >= 0.3 is 0 Å². The van der Waals surface area contributed by atoms with Crippen molar-refractivity contribution in [2.45, 2.75) is 362 Å². The molecule has 3 rings (SSSR count). The van der Waals surface area contributed by atoms with Gasteiger partial charge in [-0.05, 0) is 77.0 Å². The molecule has 3 aliphatic rings. The molecule has 560 valence electrons. The van der Waals surface area contributed by atoms with Crippen molar-refractivity contribution in [2.24, 2.45) is 0 Å². The number of aliphatic hydroxyl groups is 11. The molecule has 0 saturated carbocycles. The number of unbranched alkanes of at least 4 members (excludes halogenated alkanes) is 26.